The van der Waals surface area contributed by atoms with Crippen molar-refractivity contribution in [1.82, 2.24) is 4.98 Å². The maximum atomic E-state index is 12.0. The smallest absolute Gasteiger partial charge is 0.335 e. The molecule has 1 heterocycles. The Morgan fingerprint density at radius 1 is 1.20 bits per heavy atom. The van der Waals surface area contributed by atoms with Crippen LogP contribution in [-0.2, 0) is 15.8 Å². The maximum Gasteiger partial charge on any atom is 0.335 e. The highest BCUT2D eigenvalue weighted by molar-refractivity contribution is 7.91. The molecular weight excluding hydrogens is 280 g/mol. The summed E-state index contributed by atoms with van der Waals surface area (Å²) in [5.41, 5.74) is 0.877. The summed E-state index contributed by atoms with van der Waals surface area (Å²) < 4.78 is 26.3. The third kappa shape index (κ3) is 3.79. The van der Waals surface area contributed by atoms with E-state index in [0.29, 0.717) is 11.3 Å². The van der Waals surface area contributed by atoms with Gasteiger partial charge >= 0.3 is 5.97 Å². The average Bonchev–Trinajstić information content (AvgIpc) is 2.39. The van der Waals surface area contributed by atoms with Gasteiger partial charge in [-0.15, -0.1) is 0 Å². The van der Waals surface area contributed by atoms with Gasteiger partial charge in [-0.05, 0) is 29.8 Å². The van der Waals surface area contributed by atoms with Crippen molar-refractivity contribution in [1.29, 1.82) is 0 Å². The minimum atomic E-state index is -3.60. The van der Waals surface area contributed by atoms with Crippen LogP contribution >= 0.6 is 0 Å². The lowest BCUT2D eigenvalue weighted by Gasteiger charge is -2.08. The van der Waals surface area contributed by atoms with Gasteiger partial charge < -0.3 is 5.11 Å². The predicted molar refractivity (Wildman–Crippen MR) is 73.9 cm³/mol. The maximum absolute atomic E-state index is 12.0. The quantitative estimate of drug-likeness (QED) is 0.874. The number of hydrogen-bond donors (Lipinski definition) is 2. The van der Waals surface area contributed by atoms with Gasteiger partial charge in [-0.25, -0.2) is 13.2 Å². The zero-order valence-corrected chi connectivity index (χ0v) is 11.2. The molecule has 0 saturated carbocycles. The van der Waals surface area contributed by atoms with E-state index in [9.17, 15) is 13.2 Å². The number of nitrogens with one attached hydrogen (secondary N) is 1. The largest absolute Gasteiger partial charge is 0.478 e. The average molecular weight is 292 g/mol. The molecule has 0 unspecified atom stereocenters. The van der Waals surface area contributed by atoms with Gasteiger partial charge in [0.1, 0.15) is 0 Å². The molecule has 104 valence electrons. The molecule has 0 aliphatic heterocycles. The molecule has 0 aliphatic rings. The van der Waals surface area contributed by atoms with Gasteiger partial charge in [0.15, 0.2) is 0 Å². The lowest BCUT2D eigenvalue weighted by atomic mass is 10.1. The molecule has 1 aromatic carbocycles. The Morgan fingerprint density at radius 2 is 1.90 bits per heavy atom. The Balaban J connectivity index is 2.16. The van der Waals surface area contributed by atoms with Gasteiger partial charge in [0, 0.05) is 12.4 Å². The van der Waals surface area contributed by atoms with Crippen LogP contribution in [0, 0.1) is 0 Å². The first-order chi connectivity index (χ1) is 9.46. The van der Waals surface area contributed by atoms with Crippen LogP contribution in [0.15, 0.2) is 48.8 Å². The highest BCUT2D eigenvalue weighted by atomic mass is 32.2. The summed E-state index contributed by atoms with van der Waals surface area (Å²) in [5.74, 6) is -1.39. The lowest BCUT2D eigenvalue weighted by molar-refractivity contribution is 0.0696. The topological polar surface area (TPSA) is 96.4 Å². The van der Waals surface area contributed by atoms with Gasteiger partial charge in [-0.1, -0.05) is 12.1 Å². The lowest BCUT2D eigenvalue weighted by Crippen LogP contribution is -2.15. The minimum Gasteiger partial charge on any atom is -0.478 e. The minimum absolute atomic E-state index is 0.0570. The van der Waals surface area contributed by atoms with Crippen LogP contribution in [0.1, 0.15) is 15.9 Å². The van der Waals surface area contributed by atoms with Crippen molar-refractivity contribution in [2.45, 2.75) is 5.75 Å². The second-order valence-electron chi connectivity index (χ2n) is 4.10. The molecule has 0 aliphatic carbocycles. The number of carboxylic acids is 1. The van der Waals surface area contributed by atoms with Crippen LogP contribution in [0.2, 0.25) is 0 Å². The monoisotopic (exact) mass is 292 g/mol. The highest BCUT2D eigenvalue weighted by Crippen LogP contribution is 2.13. The number of benzene rings is 1. The third-order valence-electron chi connectivity index (χ3n) is 2.48. The van der Waals surface area contributed by atoms with Gasteiger partial charge in [-0.2, -0.15) is 0 Å². The Morgan fingerprint density at radius 3 is 2.55 bits per heavy atom. The molecule has 7 heteroatoms. The molecule has 0 amide bonds. The number of nitrogens with zero attached hydrogens (tertiary/aromatic N) is 1. The fraction of sp³-hybridized carbons (Fsp3) is 0.0769. The molecule has 2 N–H and O–H groups in total. The van der Waals surface area contributed by atoms with Gasteiger partial charge in [0.05, 0.1) is 17.0 Å². The Kier molecular flexibility index (Phi) is 3.99. The molecule has 0 bridgehead atoms. The number of carboxylic acid groups (broad SMARTS) is 1. The number of hydrogen-bond acceptors (Lipinski definition) is 4. The molecule has 6 nitrogen and oxygen atoms in total. The molecule has 0 saturated heterocycles. The van der Waals surface area contributed by atoms with Crippen molar-refractivity contribution in [2.75, 3.05) is 4.72 Å². The van der Waals surface area contributed by atoms with Crippen LogP contribution in [0.25, 0.3) is 0 Å². The second kappa shape index (κ2) is 5.70. The summed E-state index contributed by atoms with van der Waals surface area (Å²) in [5, 5.41) is 8.87. The van der Waals surface area contributed by atoms with Crippen molar-refractivity contribution < 1.29 is 18.3 Å². The number of sulfonamides is 1. The summed E-state index contributed by atoms with van der Waals surface area (Å²) in [6, 6.07) is 8.90. The number of pyridine rings is 1. The van der Waals surface area contributed by atoms with E-state index in [-0.39, 0.29) is 11.3 Å². The van der Waals surface area contributed by atoms with E-state index in [1.165, 1.54) is 42.7 Å². The zero-order valence-electron chi connectivity index (χ0n) is 10.4. The fourth-order valence-corrected chi connectivity index (χ4v) is 2.83. The van der Waals surface area contributed by atoms with Crippen LogP contribution in [-0.4, -0.2) is 24.5 Å². The molecule has 1 aromatic heterocycles. The van der Waals surface area contributed by atoms with E-state index in [2.05, 4.69) is 9.71 Å². The van der Waals surface area contributed by atoms with Gasteiger partial charge in [-0.3, -0.25) is 9.71 Å². The van der Waals surface area contributed by atoms with Crippen molar-refractivity contribution in [3.63, 3.8) is 0 Å². The van der Waals surface area contributed by atoms with E-state index in [1.54, 1.807) is 6.07 Å². The standard InChI is InChI=1S/C13H12N2O4S/c16-13(17)11-3-1-2-10(8-11)9-20(18,19)15-12-4-6-14-7-5-12/h1-8H,9H2,(H,14,15)(H,16,17). The van der Waals surface area contributed by atoms with Crippen molar-refractivity contribution in [3.05, 3.63) is 59.9 Å². The summed E-state index contributed by atoms with van der Waals surface area (Å²) in [7, 11) is -3.60. The van der Waals surface area contributed by atoms with Crippen molar-refractivity contribution in [2.24, 2.45) is 0 Å². The summed E-state index contributed by atoms with van der Waals surface area (Å²) in [6.45, 7) is 0. The van der Waals surface area contributed by atoms with Crippen LogP contribution < -0.4 is 4.72 Å². The van der Waals surface area contributed by atoms with Gasteiger partial charge in [0.2, 0.25) is 10.0 Å². The molecular formula is C13H12N2O4S. The molecule has 0 radical (unpaired) electrons. The first-order valence-corrected chi connectivity index (χ1v) is 7.34. The number of aromatic carboxylic acids is 1. The highest BCUT2D eigenvalue weighted by Gasteiger charge is 2.13. The second-order valence-corrected chi connectivity index (χ2v) is 5.82. The van der Waals surface area contributed by atoms with Crippen LogP contribution in [0.5, 0.6) is 0 Å². The van der Waals surface area contributed by atoms with E-state index >= 15 is 0 Å². The van der Waals surface area contributed by atoms with E-state index < -0.39 is 16.0 Å². The Bertz CT molecular complexity index is 714. The molecule has 0 spiro atoms. The summed E-state index contributed by atoms with van der Waals surface area (Å²) in [6.07, 6.45) is 2.95. The van der Waals surface area contributed by atoms with E-state index in [4.69, 9.17) is 5.11 Å². The number of carbonyl (C=O) groups is 1. The molecule has 0 fully saturated rings. The predicted octanol–water partition coefficient (Wildman–Crippen LogP) is 1.72. The first-order valence-electron chi connectivity index (χ1n) is 5.69. The Hall–Kier alpha value is -2.41. The van der Waals surface area contributed by atoms with Gasteiger partial charge in [0.25, 0.3) is 0 Å². The van der Waals surface area contributed by atoms with E-state index in [1.807, 2.05) is 0 Å². The van der Waals surface area contributed by atoms with E-state index in [0.717, 1.165) is 0 Å². The van der Waals surface area contributed by atoms with Crippen LogP contribution in [0.3, 0.4) is 0 Å². The normalized spacial score (nSPS) is 11.0. The molecule has 2 aromatic rings. The SMILES string of the molecule is O=C(O)c1cccc(CS(=O)(=O)Nc2ccncc2)c1. The number of anilines is 1. The Labute approximate surface area is 116 Å². The third-order valence-corrected chi connectivity index (χ3v) is 3.74. The fourth-order valence-electron chi connectivity index (χ4n) is 1.65. The van der Waals surface area contributed by atoms with Crippen molar-refractivity contribution in [3.8, 4) is 0 Å². The molecule has 20 heavy (non-hydrogen) atoms. The summed E-state index contributed by atoms with van der Waals surface area (Å²) >= 11 is 0. The van der Waals surface area contributed by atoms with Crippen LogP contribution in [0.4, 0.5) is 5.69 Å². The zero-order chi connectivity index (χ0) is 14.6. The number of aromatic nitrogens is 1. The first kappa shape index (κ1) is 14.0. The van der Waals surface area contributed by atoms with Crippen molar-refractivity contribution >= 4 is 21.7 Å². The number of rotatable bonds is 5. The molecule has 0 atom stereocenters. The summed E-state index contributed by atoms with van der Waals surface area (Å²) in [4.78, 5) is 14.6. The molecule has 2 rings (SSSR count).